The molecule has 3 rings (SSSR count). The number of hydrogen-bond acceptors (Lipinski definition) is 3. The molecule has 5 heteroatoms. The minimum Gasteiger partial charge on any atom is -0.368 e. The Morgan fingerprint density at radius 3 is 2.28 bits per heavy atom. The van der Waals surface area contributed by atoms with Gasteiger partial charge in [0, 0.05) is 23.5 Å². The monoisotopic (exact) mass is 338 g/mol. The molecule has 2 aromatic rings. The van der Waals surface area contributed by atoms with Gasteiger partial charge in [-0.25, -0.2) is 0 Å². The molecule has 0 spiro atoms. The van der Waals surface area contributed by atoms with Gasteiger partial charge < -0.3 is 15.4 Å². The SMILES string of the molecule is Cc1ccc(C(=O)Nc2ccc(NC(=O)[C@H]3CCCO3)cc2)c(C)c1. The van der Waals surface area contributed by atoms with Crippen molar-refractivity contribution in [2.75, 3.05) is 17.2 Å². The smallest absolute Gasteiger partial charge is 0.255 e. The van der Waals surface area contributed by atoms with Gasteiger partial charge in [-0.3, -0.25) is 9.59 Å². The second-order valence-corrected chi connectivity index (χ2v) is 6.34. The van der Waals surface area contributed by atoms with Gasteiger partial charge in [-0.1, -0.05) is 17.7 Å². The average Bonchev–Trinajstić information content (AvgIpc) is 3.11. The molecule has 1 aliphatic heterocycles. The Labute approximate surface area is 147 Å². The minimum atomic E-state index is -0.358. The quantitative estimate of drug-likeness (QED) is 0.894. The Bertz CT molecular complexity index is 778. The molecule has 0 bridgehead atoms. The van der Waals surface area contributed by atoms with Gasteiger partial charge >= 0.3 is 0 Å². The maximum atomic E-state index is 12.4. The first kappa shape index (κ1) is 17.2. The highest BCUT2D eigenvalue weighted by atomic mass is 16.5. The van der Waals surface area contributed by atoms with Gasteiger partial charge in [0.25, 0.3) is 11.8 Å². The van der Waals surface area contributed by atoms with Crippen molar-refractivity contribution >= 4 is 23.2 Å². The highest BCUT2D eigenvalue weighted by Crippen LogP contribution is 2.18. The first-order valence-electron chi connectivity index (χ1n) is 8.44. The van der Waals surface area contributed by atoms with Crippen LogP contribution in [0.3, 0.4) is 0 Å². The van der Waals surface area contributed by atoms with E-state index >= 15 is 0 Å². The fourth-order valence-electron chi connectivity index (χ4n) is 2.91. The second-order valence-electron chi connectivity index (χ2n) is 6.34. The van der Waals surface area contributed by atoms with Crippen molar-refractivity contribution < 1.29 is 14.3 Å². The van der Waals surface area contributed by atoms with E-state index in [-0.39, 0.29) is 17.9 Å². The van der Waals surface area contributed by atoms with Gasteiger partial charge in [0.1, 0.15) is 6.10 Å². The molecule has 0 unspecified atom stereocenters. The van der Waals surface area contributed by atoms with Gasteiger partial charge in [0.15, 0.2) is 0 Å². The fourth-order valence-corrected chi connectivity index (χ4v) is 2.91. The zero-order valence-corrected chi connectivity index (χ0v) is 14.5. The van der Waals surface area contributed by atoms with Crippen LogP contribution in [0.5, 0.6) is 0 Å². The normalized spacial score (nSPS) is 16.5. The van der Waals surface area contributed by atoms with Crippen LogP contribution in [0.1, 0.15) is 34.3 Å². The van der Waals surface area contributed by atoms with Crippen molar-refractivity contribution in [3.05, 3.63) is 59.2 Å². The van der Waals surface area contributed by atoms with Crippen LogP contribution in [0.15, 0.2) is 42.5 Å². The number of carbonyl (C=O) groups excluding carboxylic acids is 2. The number of anilines is 2. The lowest BCUT2D eigenvalue weighted by atomic mass is 10.1. The zero-order valence-electron chi connectivity index (χ0n) is 14.5. The summed E-state index contributed by atoms with van der Waals surface area (Å²) >= 11 is 0. The van der Waals surface area contributed by atoms with E-state index in [1.165, 1.54) is 0 Å². The van der Waals surface area contributed by atoms with E-state index < -0.39 is 0 Å². The van der Waals surface area contributed by atoms with E-state index in [1.807, 2.05) is 32.0 Å². The van der Waals surface area contributed by atoms with Crippen LogP contribution in [0, 0.1) is 13.8 Å². The van der Waals surface area contributed by atoms with Crippen LogP contribution in [0.25, 0.3) is 0 Å². The van der Waals surface area contributed by atoms with E-state index in [1.54, 1.807) is 24.3 Å². The van der Waals surface area contributed by atoms with Crippen molar-refractivity contribution in [2.45, 2.75) is 32.8 Å². The zero-order chi connectivity index (χ0) is 17.8. The maximum Gasteiger partial charge on any atom is 0.255 e. The summed E-state index contributed by atoms with van der Waals surface area (Å²) in [5.74, 6) is -0.266. The van der Waals surface area contributed by atoms with Crippen LogP contribution in [-0.4, -0.2) is 24.5 Å². The summed E-state index contributed by atoms with van der Waals surface area (Å²) in [4.78, 5) is 24.4. The van der Waals surface area contributed by atoms with Gasteiger partial charge in [0.05, 0.1) is 0 Å². The molecule has 1 heterocycles. The highest BCUT2D eigenvalue weighted by Gasteiger charge is 2.23. The Morgan fingerprint density at radius 1 is 1.00 bits per heavy atom. The number of amides is 2. The number of aryl methyl sites for hydroxylation is 2. The lowest BCUT2D eigenvalue weighted by Gasteiger charge is -2.12. The maximum absolute atomic E-state index is 12.4. The Kier molecular flexibility index (Phi) is 5.14. The molecule has 0 aromatic heterocycles. The van der Waals surface area contributed by atoms with Crippen molar-refractivity contribution in [3.8, 4) is 0 Å². The molecule has 0 aliphatic carbocycles. The average molecular weight is 338 g/mol. The number of hydrogen-bond donors (Lipinski definition) is 2. The number of carbonyl (C=O) groups is 2. The fraction of sp³-hybridized carbons (Fsp3) is 0.300. The molecule has 0 radical (unpaired) electrons. The van der Waals surface area contributed by atoms with Crippen molar-refractivity contribution in [1.82, 2.24) is 0 Å². The van der Waals surface area contributed by atoms with Crippen LogP contribution in [0.4, 0.5) is 11.4 Å². The minimum absolute atomic E-state index is 0.121. The summed E-state index contributed by atoms with van der Waals surface area (Å²) in [6.45, 7) is 4.56. The summed E-state index contributed by atoms with van der Waals surface area (Å²) in [6, 6.07) is 12.8. The highest BCUT2D eigenvalue weighted by molar-refractivity contribution is 6.05. The molecule has 1 fully saturated rings. The third kappa shape index (κ3) is 4.25. The molecule has 1 aliphatic rings. The lowest BCUT2D eigenvalue weighted by Crippen LogP contribution is -2.26. The van der Waals surface area contributed by atoms with Crippen molar-refractivity contribution in [2.24, 2.45) is 0 Å². The molecule has 2 amide bonds. The van der Waals surface area contributed by atoms with E-state index in [9.17, 15) is 9.59 Å². The molecular formula is C20H22N2O3. The third-order valence-electron chi connectivity index (χ3n) is 4.26. The van der Waals surface area contributed by atoms with Gasteiger partial charge in [-0.05, 0) is 62.6 Å². The summed E-state index contributed by atoms with van der Waals surface area (Å²) in [7, 11) is 0. The lowest BCUT2D eigenvalue weighted by molar-refractivity contribution is -0.124. The van der Waals surface area contributed by atoms with Gasteiger partial charge in [-0.2, -0.15) is 0 Å². The standard InChI is InChI=1S/C20H22N2O3/c1-13-5-10-17(14(2)12-13)19(23)21-15-6-8-16(9-7-15)22-20(24)18-4-3-11-25-18/h5-10,12,18H,3-4,11H2,1-2H3,(H,21,23)(H,22,24)/t18-/m1/s1. The van der Waals surface area contributed by atoms with Gasteiger partial charge in [0.2, 0.25) is 0 Å². The second kappa shape index (κ2) is 7.49. The van der Waals surface area contributed by atoms with Gasteiger partial charge in [-0.15, -0.1) is 0 Å². The summed E-state index contributed by atoms with van der Waals surface area (Å²) in [5, 5.41) is 5.71. The largest absolute Gasteiger partial charge is 0.368 e. The first-order chi connectivity index (χ1) is 12.0. The Balaban J connectivity index is 1.62. The molecule has 2 N–H and O–H groups in total. The molecule has 0 saturated carbocycles. The van der Waals surface area contributed by atoms with Crippen LogP contribution in [-0.2, 0) is 9.53 Å². The van der Waals surface area contributed by atoms with Crippen LogP contribution < -0.4 is 10.6 Å². The first-order valence-corrected chi connectivity index (χ1v) is 8.44. The predicted molar refractivity (Wildman–Crippen MR) is 97.9 cm³/mol. The van der Waals surface area contributed by atoms with Crippen LogP contribution >= 0.6 is 0 Å². The molecule has 1 saturated heterocycles. The van der Waals surface area contributed by atoms with Crippen LogP contribution in [0.2, 0.25) is 0 Å². The van der Waals surface area contributed by atoms with E-state index in [0.29, 0.717) is 23.5 Å². The molecule has 130 valence electrons. The van der Waals surface area contributed by atoms with E-state index in [2.05, 4.69) is 10.6 Å². The number of benzene rings is 2. The third-order valence-corrected chi connectivity index (χ3v) is 4.26. The van der Waals surface area contributed by atoms with E-state index in [0.717, 1.165) is 24.0 Å². The van der Waals surface area contributed by atoms with Crippen molar-refractivity contribution in [1.29, 1.82) is 0 Å². The van der Waals surface area contributed by atoms with Crippen molar-refractivity contribution in [3.63, 3.8) is 0 Å². The molecule has 5 nitrogen and oxygen atoms in total. The van der Waals surface area contributed by atoms with E-state index in [4.69, 9.17) is 4.74 Å². The number of ether oxygens (including phenoxy) is 1. The summed E-state index contributed by atoms with van der Waals surface area (Å²) < 4.78 is 5.36. The summed E-state index contributed by atoms with van der Waals surface area (Å²) in [6.07, 6.45) is 1.32. The molecule has 25 heavy (non-hydrogen) atoms. The predicted octanol–water partition coefficient (Wildman–Crippen LogP) is 3.67. The number of nitrogens with one attached hydrogen (secondary N) is 2. The Morgan fingerprint density at radius 2 is 1.68 bits per heavy atom. The molecular weight excluding hydrogens is 316 g/mol. The topological polar surface area (TPSA) is 67.4 Å². The Hall–Kier alpha value is -2.66. The number of rotatable bonds is 4. The molecule has 1 atom stereocenters. The summed E-state index contributed by atoms with van der Waals surface area (Å²) in [5.41, 5.74) is 4.09. The molecule has 2 aromatic carbocycles.